The monoisotopic (exact) mass is 258 g/mol. The summed E-state index contributed by atoms with van der Waals surface area (Å²) in [6.45, 7) is 13.8. The van der Waals surface area contributed by atoms with Crippen LogP contribution in [-0.4, -0.2) is 48.3 Å². The van der Waals surface area contributed by atoms with Crippen molar-refractivity contribution in [3.63, 3.8) is 0 Å². The lowest BCUT2D eigenvalue weighted by Crippen LogP contribution is -2.39. The maximum absolute atomic E-state index is 9.60. The molecule has 0 spiro atoms. The van der Waals surface area contributed by atoms with Crippen molar-refractivity contribution in [3.05, 3.63) is 24.3 Å². The third-order valence-electron chi connectivity index (χ3n) is 1.69. The zero-order valence-corrected chi connectivity index (χ0v) is 11.0. The first-order valence-corrected chi connectivity index (χ1v) is 5.48. The molecule has 1 aliphatic heterocycles. The van der Waals surface area contributed by atoms with Crippen molar-refractivity contribution in [2.45, 2.75) is 13.8 Å². The van der Waals surface area contributed by atoms with Gasteiger partial charge in [-0.05, 0) is 13.8 Å². The van der Waals surface area contributed by atoms with Gasteiger partial charge in [0.1, 0.15) is 0 Å². The Hall–Kier alpha value is -1.66. The van der Waals surface area contributed by atoms with Gasteiger partial charge in [-0.3, -0.25) is 0 Å². The summed E-state index contributed by atoms with van der Waals surface area (Å²) in [6.07, 6.45) is 0. The van der Waals surface area contributed by atoms with E-state index < -0.39 is 11.9 Å². The molecule has 0 atom stereocenters. The first kappa shape index (κ1) is 18.7. The van der Waals surface area contributed by atoms with E-state index in [1.165, 1.54) is 13.8 Å². The molecule has 1 aliphatic rings. The van der Waals surface area contributed by atoms with Gasteiger partial charge in [-0.25, -0.2) is 9.59 Å². The van der Waals surface area contributed by atoms with Gasteiger partial charge in [0.2, 0.25) is 0 Å². The van der Waals surface area contributed by atoms with Crippen molar-refractivity contribution in [1.29, 1.82) is 0 Å². The molecule has 1 rings (SSSR count). The first-order valence-electron chi connectivity index (χ1n) is 5.48. The number of aliphatic carboxylic acids is 2. The van der Waals surface area contributed by atoms with Crippen molar-refractivity contribution >= 4 is 11.9 Å². The molecule has 4 N–H and O–H groups in total. The highest BCUT2D eigenvalue weighted by Crippen LogP contribution is 1.81. The summed E-state index contributed by atoms with van der Waals surface area (Å²) < 4.78 is 0. The highest BCUT2D eigenvalue weighted by Gasteiger charge is 1.92. The van der Waals surface area contributed by atoms with E-state index in [2.05, 4.69) is 23.8 Å². The fourth-order valence-corrected chi connectivity index (χ4v) is 0.604. The van der Waals surface area contributed by atoms with Crippen LogP contribution < -0.4 is 10.6 Å². The number of piperazine rings is 1. The molecule has 0 saturated carbocycles. The van der Waals surface area contributed by atoms with Gasteiger partial charge in [0, 0.05) is 37.3 Å². The lowest BCUT2D eigenvalue weighted by atomic mass is 10.4. The zero-order valence-electron chi connectivity index (χ0n) is 11.0. The molecule has 6 heteroatoms. The third kappa shape index (κ3) is 16.8. The van der Waals surface area contributed by atoms with E-state index in [9.17, 15) is 9.59 Å². The molecule has 1 saturated heterocycles. The van der Waals surface area contributed by atoms with Crippen LogP contribution in [0.4, 0.5) is 0 Å². The van der Waals surface area contributed by atoms with Gasteiger partial charge in [0.05, 0.1) is 0 Å². The Morgan fingerprint density at radius 1 is 0.833 bits per heavy atom. The molecule has 104 valence electrons. The Labute approximate surface area is 107 Å². The quantitative estimate of drug-likeness (QED) is 0.538. The van der Waals surface area contributed by atoms with Crippen molar-refractivity contribution in [2.75, 3.05) is 26.2 Å². The molecule has 6 nitrogen and oxygen atoms in total. The number of hydrogen-bond acceptors (Lipinski definition) is 4. The van der Waals surface area contributed by atoms with Crippen LogP contribution in [0.15, 0.2) is 24.3 Å². The third-order valence-corrected chi connectivity index (χ3v) is 1.69. The molecule has 0 aromatic heterocycles. The van der Waals surface area contributed by atoms with E-state index in [-0.39, 0.29) is 11.1 Å². The van der Waals surface area contributed by atoms with Crippen LogP contribution in [0.3, 0.4) is 0 Å². The second-order valence-electron chi connectivity index (χ2n) is 3.67. The molecule has 0 aliphatic carbocycles. The van der Waals surface area contributed by atoms with Gasteiger partial charge in [-0.15, -0.1) is 0 Å². The van der Waals surface area contributed by atoms with Crippen LogP contribution in [0.1, 0.15) is 13.8 Å². The second kappa shape index (κ2) is 11.8. The van der Waals surface area contributed by atoms with Crippen LogP contribution in [0.2, 0.25) is 0 Å². The highest BCUT2D eigenvalue weighted by atomic mass is 16.4. The van der Waals surface area contributed by atoms with Crippen LogP contribution in [0.5, 0.6) is 0 Å². The average Bonchev–Trinajstić information content (AvgIpc) is 2.32. The zero-order chi connectivity index (χ0) is 14.6. The fourth-order valence-electron chi connectivity index (χ4n) is 0.604. The SMILES string of the molecule is C1CNCCN1.C=C(C)C(=O)O.C=C(C)C(=O)O. The van der Waals surface area contributed by atoms with Gasteiger partial charge in [-0.1, -0.05) is 13.2 Å². The highest BCUT2D eigenvalue weighted by molar-refractivity contribution is 5.85. The summed E-state index contributed by atoms with van der Waals surface area (Å²) in [6, 6.07) is 0. The number of carboxylic acids is 2. The molecule has 18 heavy (non-hydrogen) atoms. The molecular weight excluding hydrogens is 236 g/mol. The Balaban J connectivity index is 0. The Bertz CT molecular complexity index is 237. The van der Waals surface area contributed by atoms with Gasteiger partial charge in [0.15, 0.2) is 0 Å². The number of nitrogens with one attached hydrogen (secondary N) is 2. The molecule has 0 amide bonds. The molecule has 0 unspecified atom stereocenters. The van der Waals surface area contributed by atoms with Crippen LogP contribution in [0, 0.1) is 0 Å². The molecular formula is C12H22N2O4. The first-order chi connectivity index (χ1) is 8.29. The van der Waals surface area contributed by atoms with Gasteiger partial charge >= 0.3 is 11.9 Å². The molecule has 0 radical (unpaired) electrons. The maximum atomic E-state index is 9.60. The standard InChI is InChI=1S/C4H10N2.2C4H6O2/c1-2-6-4-3-5-1;2*1-3(2)4(5)6/h5-6H,1-4H2;2*1H2,2H3,(H,5,6). The summed E-state index contributed by atoms with van der Waals surface area (Å²) in [5.74, 6) is -1.87. The van der Waals surface area contributed by atoms with E-state index in [0.717, 1.165) is 26.2 Å². The Morgan fingerprint density at radius 2 is 1.00 bits per heavy atom. The molecule has 0 bridgehead atoms. The van der Waals surface area contributed by atoms with Crippen molar-refractivity contribution < 1.29 is 19.8 Å². The van der Waals surface area contributed by atoms with Gasteiger partial charge in [0.25, 0.3) is 0 Å². The smallest absolute Gasteiger partial charge is 0.330 e. The van der Waals surface area contributed by atoms with Crippen molar-refractivity contribution in [1.82, 2.24) is 10.6 Å². The predicted molar refractivity (Wildman–Crippen MR) is 70.6 cm³/mol. The van der Waals surface area contributed by atoms with E-state index in [0.29, 0.717) is 0 Å². The fraction of sp³-hybridized carbons (Fsp3) is 0.500. The second-order valence-corrected chi connectivity index (χ2v) is 3.67. The predicted octanol–water partition coefficient (Wildman–Crippen LogP) is 0.473. The summed E-state index contributed by atoms with van der Waals surface area (Å²) in [4.78, 5) is 19.2. The molecule has 0 aromatic rings. The molecule has 0 aromatic carbocycles. The topological polar surface area (TPSA) is 98.7 Å². The largest absolute Gasteiger partial charge is 0.478 e. The Morgan fingerprint density at radius 3 is 1.06 bits per heavy atom. The average molecular weight is 258 g/mol. The molecule has 1 fully saturated rings. The van der Waals surface area contributed by atoms with Crippen LogP contribution in [0.25, 0.3) is 0 Å². The van der Waals surface area contributed by atoms with Gasteiger partial charge < -0.3 is 20.8 Å². The number of carboxylic acid groups (broad SMARTS) is 2. The number of carbonyl (C=O) groups is 2. The summed E-state index contributed by atoms with van der Waals surface area (Å²) >= 11 is 0. The lowest BCUT2D eigenvalue weighted by Gasteiger charge is -2.11. The van der Waals surface area contributed by atoms with E-state index in [1.807, 2.05) is 0 Å². The van der Waals surface area contributed by atoms with Crippen molar-refractivity contribution in [3.8, 4) is 0 Å². The summed E-state index contributed by atoms with van der Waals surface area (Å²) in [7, 11) is 0. The number of hydrogen-bond donors (Lipinski definition) is 4. The van der Waals surface area contributed by atoms with E-state index >= 15 is 0 Å². The summed E-state index contributed by atoms with van der Waals surface area (Å²) in [5.41, 5.74) is 0.352. The van der Waals surface area contributed by atoms with E-state index in [1.54, 1.807) is 0 Å². The van der Waals surface area contributed by atoms with E-state index in [4.69, 9.17) is 10.2 Å². The maximum Gasteiger partial charge on any atom is 0.330 e. The van der Waals surface area contributed by atoms with Crippen LogP contribution >= 0.6 is 0 Å². The van der Waals surface area contributed by atoms with Crippen molar-refractivity contribution in [2.24, 2.45) is 0 Å². The number of rotatable bonds is 2. The Kier molecular flexibility index (Phi) is 12.3. The normalized spacial score (nSPS) is 13.0. The summed E-state index contributed by atoms with van der Waals surface area (Å²) in [5, 5.41) is 22.2. The minimum absolute atomic E-state index is 0.176. The lowest BCUT2D eigenvalue weighted by molar-refractivity contribution is -0.133. The minimum Gasteiger partial charge on any atom is -0.478 e. The van der Waals surface area contributed by atoms with Gasteiger partial charge in [-0.2, -0.15) is 0 Å². The molecule has 1 heterocycles. The minimum atomic E-state index is -0.935. The van der Waals surface area contributed by atoms with Crippen LogP contribution in [-0.2, 0) is 9.59 Å².